The van der Waals surface area contributed by atoms with E-state index < -0.39 is 59.5 Å². The molecule has 2 aromatic rings. The lowest BCUT2D eigenvalue weighted by molar-refractivity contribution is -0.157. The fraction of sp³-hybridized carbons (Fsp3) is 0.414. The first-order valence-corrected chi connectivity index (χ1v) is 13.1. The van der Waals surface area contributed by atoms with Gasteiger partial charge in [-0.25, -0.2) is 0 Å². The Hall–Kier alpha value is -3.20. The first-order valence-electron chi connectivity index (χ1n) is 12.7. The average molecular weight is 539 g/mol. The van der Waals surface area contributed by atoms with E-state index in [0.717, 1.165) is 0 Å². The van der Waals surface area contributed by atoms with Crippen LogP contribution in [0.3, 0.4) is 0 Å². The molecule has 3 saturated heterocycles. The number of carbonyl (C=O) groups excluding carboxylic acids is 2. The number of hydrogen-bond donors (Lipinski definition) is 2. The van der Waals surface area contributed by atoms with E-state index in [1.165, 1.54) is 9.80 Å². The zero-order chi connectivity index (χ0) is 27.4. The van der Waals surface area contributed by atoms with Crippen LogP contribution in [0.25, 0.3) is 0 Å². The molecular formula is C29H31ClN2O6. The third kappa shape index (κ3) is 3.69. The van der Waals surface area contributed by atoms with Crippen LogP contribution in [-0.4, -0.2) is 63.3 Å². The smallest absolute Gasteiger partial charge is 0.310 e. The van der Waals surface area contributed by atoms with Crippen LogP contribution in [0.1, 0.15) is 31.9 Å². The number of aliphatic carboxylic acids is 1. The van der Waals surface area contributed by atoms with Crippen molar-refractivity contribution in [1.82, 2.24) is 4.90 Å². The molecule has 9 heteroatoms. The van der Waals surface area contributed by atoms with Crippen molar-refractivity contribution in [2.24, 2.45) is 17.8 Å². The number of fused-ring (bicyclic) bond motifs is 1. The van der Waals surface area contributed by atoms with Gasteiger partial charge >= 0.3 is 5.97 Å². The Kier molecular flexibility index (Phi) is 6.62. The minimum Gasteiger partial charge on any atom is -0.481 e. The number of carboxylic acids is 1. The topological polar surface area (TPSA) is 107 Å². The maximum absolute atomic E-state index is 14.6. The minimum atomic E-state index is -1.36. The second-order valence-electron chi connectivity index (χ2n) is 10.6. The van der Waals surface area contributed by atoms with Crippen LogP contribution < -0.4 is 4.90 Å². The number of likely N-dealkylation sites (tertiary alicyclic amines) is 1. The molecule has 7 atom stereocenters. The van der Waals surface area contributed by atoms with Crippen LogP contribution in [-0.2, 0) is 19.1 Å². The van der Waals surface area contributed by atoms with Gasteiger partial charge in [0.1, 0.15) is 17.6 Å². The number of carbonyl (C=O) groups is 3. The van der Waals surface area contributed by atoms with Gasteiger partial charge in [-0.1, -0.05) is 54.9 Å². The van der Waals surface area contributed by atoms with Crippen molar-refractivity contribution in [1.29, 1.82) is 0 Å². The molecule has 0 radical (unpaired) electrons. The van der Waals surface area contributed by atoms with Crippen LogP contribution in [0, 0.1) is 17.8 Å². The maximum Gasteiger partial charge on any atom is 0.310 e. The van der Waals surface area contributed by atoms with Gasteiger partial charge in [0, 0.05) is 17.3 Å². The SMILES string of the molecule is C=CCN(C(=O)C1N([C@H](CO)c2ccccc2)C(=O)[C@@H]2[C@@H](C(=O)O)[C@]3(C)OC12CC3C)c1ccc(Cl)cc1. The predicted octanol–water partition coefficient (Wildman–Crippen LogP) is 3.69. The molecule has 38 heavy (non-hydrogen) atoms. The van der Waals surface area contributed by atoms with Crippen LogP contribution in [0.2, 0.25) is 5.02 Å². The van der Waals surface area contributed by atoms with Crippen molar-refractivity contribution in [3.63, 3.8) is 0 Å². The van der Waals surface area contributed by atoms with Crippen molar-refractivity contribution < 1.29 is 29.3 Å². The largest absolute Gasteiger partial charge is 0.481 e. The monoisotopic (exact) mass is 538 g/mol. The Morgan fingerprint density at radius 2 is 1.89 bits per heavy atom. The Bertz CT molecular complexity index is 1270. The highest BCUT2D eigenvalue weighted by molar-refractivity contribution is 6.30. The second kappa shape index (κ2) is 9.52. The molecule has 5 rings (SSSR count). The van der Waals surface area contributed by atoms with Crippen LogP contribution in [0.4, 0.5) is 5.69 Å². The molecule has 1 spiro atoms. The van der Waals surface area contributed by atoms with Gasteiger partial charge in [0.25, 0.3) is 5.91 Å². The molecule has 3 aliphatic rings. The summed E-state index contributed by atoms with van der Waals surface area (Å²) in [5, 5.41) is 21.3. The van der Waals surface area contributed by atoms with Crippen LogP contribution in [0.5, 0.6) is 0 Å². The lowest BCUT2D eigenvalue weighted by Crippen LogP contribution is -2.57. The fourth-order valence-electron chi connectivity index (χ4n) is 6.92. The highest BCUT2D eigenvalue weighted by Crippen LogP contribution is 2.66. The van der Waals surface area contributed by atoms with E-state index in [1.54, 1.807) is 61.5 Å². The van der Waals surface area contributed by atoms with E-state index in [1.807, 2.05) is 13.0 Å². The van der Waals surface area contributed by atoms with Crippen molar-refractivity contribution in [3.8, 4) is 0 Å². The number of halogens is 1. The normalized spacial score (nSPS) is 32.2. The third-order valence-electron chi connectivity index (χ3n) is 8.66. The molecule has 3 unspecified atom stereocenters. The quantitative estimate of drug-likeness (QED) is 0.496. The van der Waals surface area contributed by atoms with E-state index >= 15 is 0 Å². The molecule has 0 aromatic heterocycles. The molecule has 2 bridgehead atoms. The highest BCUT2D eigenvalue weighted by atomic mass is 35.5. The van der Waals surface area contributed by atoms with Gasteiger partial charge in [-0.3, -0.25) is 14.4 Å². The number of anilines is 1. The number of aliphatic hydroxyl groups excluding tert-OH is 1. The lowest BCUT2D eigenvalue weighted by Gasteiger charge is -2.39. The molecule has 2 N–H and O–H groups in total. The maximum atomic E-state index is 14.6. The van der Waals surface area contributed by atoms with Gasteiger partial charge < -0.3 is 24.7 Å². The first kappa shape index (κ1) is 26.4. The summed E-state index contributed by atoms with van der Waals surface area (Å²) in [4.78, 5) is 44.3. The average Bonchev–Trinajstić information content (AvgIpc) is 3.41. The first-order chi connectivity index (χ1) is 18.1. The Labute approximate surface area is 226 Å². The van der Waals surface area contributed by atoms with Gasteiger partial charge in [-0.05, 0) is 49.1 Å². The molecule has 0 saturated carbocycles. The van der Waals surface area contributed by atoms with Crippen molar-refractivity contribution in [3.05, 3.63) is 77.8 Å². The van der Waals surface area contributed by atoms with E-state index in [-0.39, 0.29) is 12.5 Å². The van der Waals surface area contributed by atoms with E-state index in [0.29, 0.717) is 22.7 Å². The van der Waals surface area contributed by atoms with Crippen molar-refractivity contribution >= 4 is 35.1 Å². The minimum absolute atomic E-state index is 0.143. The molecule has 0 aliphatic carbocycles. The molecule has 8 nitrogen and oxygen atoms in total. The number of amides is 2. The standard InChI is InChI=1S/C29H31ClN2O6/c1-4-14-31(20-12-10-19(30)11-13-20)26(35)24-29-15-17(2)28(3,38-29)23(27(36)37)22(29)25(34)32(24)21(16-33)18-8-6-5-7-9-18/h4-13,17,21-24,33H,1,14-16H2,2-3H3,(H,36,37)/t17?,21-,22+,23+,24?,28-,29?/m1/s1. The summed E-state index contributed by atoms with van der Waals surface area (Å²) in [5.41, 5.74) is -1.28. The van der Waals surface area contributed by atoms with E-state index in [2.05, 4.69) is 6.58 Å². The fourth-order valence-corrected chi connectivity index (χ4v) is 7.04. The predicted molar refractivity (Wildman–Crippen MR) is 142 cm³/mol. The summed E-state index contributed by atoms with van der Waals surface area (Å²) >= 11 is 6.09. The number of carboxylic acid groups (broad SMARTS) is 1. The number of rotatable bonds is 8. The van der Waals surface area contributed by atoms with Crippen LogP contribution in [0.15, 0.2) is 67.3 Å². The molecule has 3 aliphatic heterocycles. The van der Waals surface area contributed by atoms with Gasteiger partial charge in [0.15, 0.2) is 0 Å². The summed E-state index contributed by atoms with van der Waals surface area (Å²) in [6, 6.07) is 13.7. The summed E-state index contributed by atoms with van der Waals surface area (Å²) in [7, 11) is 0. The lowest BCUT2D eigenvalue weighted by atomic mass is 9.62. The van der Waals surface area contributed by atoms with Crippen LogP contribution >= 0.6 is 11.6 Å². The van der Waals surface area contributed by atoms with Gasteiger partial charge in [-0.2, -0.15) is 0 Å². The number of aliphatic hydroxyl groups is 1. The summed E-state index contributed by atoms with van der Waals surface area (Å²) < 4.78 is 6.59. The molecule has 2 amide bonds. The van der Waals surface area contributed by atoms with Crippen molar-refractivity contribution in [2.75, 3.05) is 18.1 Å². The number of nitrogens with zero attached hydrogens (tertiary/aromatic N) is 2. The van der Waals surface area contributed by atoms with Gasteiger partial charge in [0.2, 0.25) is 5.91 Å². The highest BCUT2D eigenvalue weighted by Gasteiger charge is 2.80. The molecule has 3 fully saturated rings. The van der Waals surface area contributed by atoms with E-state index in [4.69, 9.17) is 16.3 Å². The number of hydrogen-bond acceptors (Lipinski definition) is 5. The zero-order valence-corrected chi connectivity index (χ0v) is 22.0. The van der Waals surface area contributed by atoms with Crippen molar-refractivity contribution in [2.45, 2.75) is 43.6 Å². The second-order valence-corrected chi connectivity index (χ2v) is 11.0. The Morgan fingerprint density at radius 3 is 2.47 bits per heavy atom. The van der Waals surface area contributed by atoms with Gasteiger partial charge in [0.05, 0.1) is 24.2 Å². The summed E-state index contributed by atoms with van der Waals surface area (Å²) in [6.45, 7) is 7.13. The molecular weight excluding hydrogens is 508 g/mol. The third-order valence-corrected chi connectivity index (χ3v) is 8.91. The number of ether oxygens (including phenoxy) is 1. The van der Waals surface area contributed by atoms with E-state index in [9.17, 15) is 24.6 Å². The molecule has 200 valence electrons. The molecule has 3 heterocycles. The van der Waals surface area contributed by atoms with Gasteiger partial charge in [-0.15, -0.1) is 6.58 Å². The summed E-state index contributed by atoms with van der Waals surface area (Å²) in [6.07, 6.45) is 1.92. The number of benzene rings is 2. The summed E-state index contributed by atoms with van der Waals surface area (Å²) in [5.74, 6) is -4.46. The Morgan fingerprint density at radius 1 is 1.24 bits per heavy atom. The Balaban J connectivity index is 1.69. The zero-order valence-electron chi connectivity index (χ0n) is 21.3. The molecule has 2 aromatic carbocycles.